The van der Waals surface area contributed by atoms with Crippen LogP contribution in [0.15, 0.2) is 41.7 Å². The smallest absolute Gasteiger partial charge is 0.327 e. The molecule has 35 heavy (non-hydrogen) atoms. The molecule has 3 rings (SSSR count). The Hall–Kier alpha value is -3.17. The number of hydrogen-bond donors (Lipinski definition) is 0. The zero-order valence-corrected chi connectivity index (χ0v) is 18.5. The molecule has 16 heteroatoms. The second-order valence-corrected chi connectivity index (χ2v) is 9.40. The van der Waals surface area contributed by atoms with E-state index in [1.807, 2.05) is 0 Å². The number of aromatic nitrogens is 5. The number of rotatable bonds is 6. The molecular weight excluding hydrogens is 514 g/mol. The zero-order valence-electron chi connectivity index (χ0n) is 17.7. The number of hydrogen-bond acceptors (Lipinski definition) is 6. The highest BCUT2D eigenvalue weighted by Gasteiger charge is 2.77. The molecule has 0 unspecified atom stereocenters. The molecule has 3 heterocycles. The topological polar surface area (TPSA) is 90.6 Å². The highest BCUT2D eigenvalue weighted by molar-refractivity contribution is 7.91. The van der Waals surface area contributed by atoms with Crippen LogP contribution in [0, 0.1) is 0 Å². The molecule has 0 N–H and O–H groups in total. The first-order valence-electron chi connectivity index (χ1n) is 9.55. The Morgan fingerprint density at radius 1 is 0.971 bits per heavy atom. The van der Waals surface area contributed by atoms with Gasteiger partial charge in [0.2, 0.25) is 0 Å². The van der Waals surface area contributed by atoms with Crippen molar-refractivity contribution in [2.24, 2.45) is 7.05 Å². The maximum atomic E-state index is 14.7. The van der Waals surface area contributed by atoms with E-state index in [0.717, 1.165) is 13.1 Å². The zero-order chi connectivity index (χ0) is 26.4. The van der Waals surface area contributed by atoms with Gasteiger partial charge in [-0.25, -0.2) is 37.1 Å². The maximum absolute atomic E-state index is 14.7. The summed E-state index contributed by atoms with van der Waals surface area (Å²) >= 11 is 0. The predicted molar refractivity (Wildman–Crippen MR) is 105 cm³/mol. The lowest BCUT2D eigenvalue weighted by atomic mass is 9.96. The van der Waals surface area contributed by atoms with Gasteiger partial charge in [-0.05, 0) is 18.2 Å². The van der Waals surface area contributed by atoms with E-state index in [2.05, 4.69) is 19.9 Å². The molecule has 0 aromatic carbocycles. The summed E-state index contributed by atoms with van der Waals surface area (Å²) in [5.74, 6) is -1.08. The highest BCUT2D eigenvalue weighted by atomic mass is 32.2. The molecule has 3 aromatic heterocycles. The summed E-state index contributed by atoms with van der Waals surface area (Å²) in [6.45, 7) is 1.28. The van der Waals surface area contributed by atoms with E-state index in [4.69, 9.17) is 0 Å². The van der Waals surface area contributed by atoms with E-state index in [9.17, 15) is 43.5 Å². The van der Waals surface area contributed by atoms with Gasteiger partial charge in [0.05, 0.1) is 22.5 Å². The molecule has 0 amide bonds. The fourth-order valence-corrected chi connectivity index (χ4v) is 4.12. The van der Waals surface area contributed by atoms with Crippen LogP contribution < -0.4 is 0 Å². The lowest BCUT2D eigenvalue weighted by Gasteiger charge is -2.32. The van der Waals surface area contributed by atoms with E-state index in [-0.39, 0.29) is 17.7 Å². The second kappa shape index (κ2) is 8.80. The van der Waals surface area contributed by atoms with Crippen molar-refractivity contribution < 1.29 is 43.5 Å². The molecule has 0 aliphatic heterocycles. The van der Waals surface area contributed by atoms with Crippen LogP contribution in [0.4, 0.5) is 35.1 Å². The Balaban J connectivity index is 2.25. The molecule has 0 spiro atoms. The molecular formula is C19H15F8N5O2S. The third kappa shape index (κ3) is 4.46. The Morgan fingerprint density at radius 3 is 2.06 bits per heavy atom. The van der Waals surface area contributed by atoms with Crippen LogP contribution in [0.3, 0.4) is 0 Å². The molecule has 7 nitrogen and oxygen atoms in total. The molecule has 0 aliphatic carbocycles. The van der Waals surface area contributed by atoms with Gasteiger partial charge in [-0.2, -0.15) is 26.3 Å². The summed E-state index contributed by atoms with van der Waals surface area (Å²) in [4.78, 5) is 15.0. The first kappa shape index (κ1) is 26.4. The minimum atomic E-state index is -6.66. The molecule has 0 aliphatic rings. The lowest BCUT2D eigenvalue weighted by Crippen LogP contribution is -2.56. The van der Waals surface area contributed by atoms with Gasteiger partial charge in [0.1, 0.15) is 11.4 Å². The van der Waals surface area contributed by atoms with Crippen molar-refractivity contribution in [3.05, 3.63) is 42.5 Å². The number of imidazole rings is 1. The molecule has 1 atom stereocenters. The summed E-state index contributed by atoms with van der Waals surface area (Å²) < 4.78 is 133. The molecule has 0 saturated heterocycles. The standard InChI is InChI=1S/C19H15F8N5O2S/c1-3-35(33,34)12-6-5-10(15-28-7-4-8-29-15)31-13(12)16-30-9-11(32(16)2)14(20)17(21,18(22,23)24)19(25,26)27/h4-9,14H,3H2,1-2H3/t14-/m0/s1. The number of pyridine rings is 1. The second-order valence-electron chi connectivity index (χ2n) is 7.15. The fourth-order valence-electron chi connectivity index (χ4n) is 3.10. The normalized spacial score (nSPS) is 14.2. The van der Waals surface area contributed by atoms with Crippen molar-refractivity contribution in [2.45, 2.75) is 36.0 Å². The van der Waals surface area contributed by atoms with Crippen LogP contribution in [0.2, 0.25) is 0 Å². The Bertz CT molecular complexity index is 1310. The van der Waals surface area contributed by atoms with Crippen LogP contribution >= 0.6 is 0 Å². The third-order valence-electron chi connectivity index (χ3n) is 5.04. The minimum absolute atomic E-state index is 0.00363. The fraction of sp³-hybridized carbons (Fsp3) is 0.368. The first-order valence-corrected chi connectivity index (χ1v) is 11.2. The van der Waals surface area contributed by atoms with E-state index in [0.29, 0.717) is 4.57 Å². The van der Waals surface area contributed by atoms with Gasteiger partial charge in [-0.3, -0.25) is 0 Å². The molecule has 190 valence electrons. The van der Waals surface area contributed by atoms with Crippen LogP contribution in [0.1, 0.15) is 18.8 Å². The van der Waals surface area contributed by atoms with Crippen molar-refractivity contribution in [1.82, 2.24) is 24.5 Å². The molecule has 0 radical (unpaired) electrons. The summed E-state index contributed by atoms with van der Waals surface area (Å²) in [5, 5.41) is 0. The van der Waals surface area contributed by atoms with E-state index in [1.165, 1.54) is 31.5 Å². The van der Waals surface area contributed by atoms with Gasteiger partial charge in [0, 0.05) is 19.4 Å². The highest BCUT2D eigenvalue weighted by Crippen LogP contribution is 2.54. The van der Waals surface area contributed by atoms with Crippen molar-refractivity contribution in [3.8, 4) is 23.0 Å². The Morgan fingerprint density at radius 2 is 1.54 bits per heavy atom. The predicted octanol–water partition coefficient (Wildman–Crippen LogP) is 4.58. The number of nitrogens with zero attached hydrogens (tertiary/aromatic N) is 5. The Labute approximate surface area is 192 Å². The average molecular weight is 529 g/mol. The van der Waals surface area contributed by atoms with Crippen molar-refractivity contribution in [3.63, 3.8) is 0 Å². The van der Waals surface area contributed by atoms with Crippen LogP contribution in [0.25, 0.3) is 23.0 Å². The molecule has 0 saturated carbocycles. The summed E-state index contributed by atoms with van der Waals surface area (Å²) in [6.07, 6.45) is -14.7. The number of alkyl halides is 8. The van der Waals surface area contributed by atoms with E-state index >= 15 is 0 Å². The summed E-state index contributed by atoms with van der Waals surface area (Å²) in [6, 6.07) is 3.76. The van der Waals surface area contributed by atoms with E-state index in [1.54, 1.807) is 0 Å². The van der Waals surface area contributed by atoms with Gasteiger partial charge < -0.3 is 4.57 Å². The molecule has 0 fully saturated rings. The van der Waals surface area contributed by atoms with Crippen molar-refractivity contribution in [2.75, 3.05) is 5.75 Å². The quantitative estimate of drug-likeness (QED) is 0.435. The molecule has 3 aromatic rings. The van der Waals surface area contributed by atoms with Gasteiger partial charge in [0.25, 0.3) is 0 Å². The van der Waals surface area contributed by atoms with Gasteiger partial charge in [0.15, 0.2) is 27.7 Å². The van der Waals surface area contributed by atoms with Gasteiger partial charge in [-0.15, -0.1) is 0 Å². The lowest BCUT2D eigenvalue weighted by molar-refractivity contribution is -0.359. The minimum Gasteiger partial charge on any atom is -0.327 e. The third-order valence-corrected chi connectivity index (χ3v) is 6.80. The Kier molecular flexibility index (Phi) is 6.65. The van der Waals surface area contributed by atoms with Gasteiger partial charge >= 0.3 is 18.0 Å². The average Bonchev–Trinajstić information content (AvgIpc) is 3.17. The maximum Gasteiger partial charge on any atom is 0.434 e. The van der Waals surface area contributed by atoms with Crippen LogP contribution in [-0.4, -0.2) is 56.7 Å². The largest absolute Gasteiger partial charge is 0.434 e. The number of sulfone groups is 1. The SMILES string of the molecule is CCS(=O)(=O)c1ccc(-c2ncccn2)nc1-c1ncc([C@H](F)C(F)(C(F)(F)F)C(F)(F)F)n1C. The van der Waals surface area contributed by atoms with Gasteiger partial charge in [-0.1, -0.05) is 6.92 Å². The van der Waals surface area contributed by atoms with Crippen LogP contribution in [0.5, 0.6) is 0 Å². The first-order chi connectivity index (χ1) is 16.1. The van der Waals surface area contributed by atoms with Crippen molar-refractivity contribution >= 4 is 9.84 Å². The summed E-state index contributed by atoms with van der Waals surface area (Å²) in [7, 11) is -3.26. The van der Waals surface area contributed by atoms with Crippen molar-refractivity contribution in [1.29, 1.82) is 0 Å². The monoisotopic (exact) mass is 529 g/mol. The van der Waals surface area contributed by atoms with Crippen LogP contribution in [-0.2, 0) is 16.9 Å². The van der Waals surface area contributed by atoms with E-state index < -0.39 is 61.9 Å². The molecule has 0 bridgehead atoms. The summed E-state index contributed by atoms with van der Waals surface area (Å²) in [5.41, 5.74) is -8.25. The number of halogens is 8.